The van der Waals surface area contributed by atoms with Crippen LogP contribution >= 0.6 is 0 Å². The molecule has 1 unspecified atom stereocenters. The fourth-order valence-electron chi connectivity index (χ4n) is 2.54. The Morgan fingerprint density at radius 2 is 2.24 bits per heavy atom. The number of hydrogen-bond donors (Lipinski definition) is 1. The van der Waals surface area contributed by atoms with Crippen LogP contribution in [-0.2, 0) is 9.53 Å². The van der Waals surface area contributed by atoms with Gasteiger partial charge in [0.05, 0.1) is 12.5 Å². The second-order valence-corrected chi connectivity index (χ2v) is 5.34. The molecule has 1 aliphatic heterocycles. The maximum absolute atomic E-state index is 12.3. The van der Waals surface area contributed by atoms with Crippen molar-refractivity contribution in [3.63, 3.8) is 0 Å². The van der Waals surface area contributed by atoms with Crippen LogP contribution in [0.5, 0.6) is 0 Å². The molecular weight excluding hydrogens is 268 g/mol. The fourth-order valence-corrected chi connectivity index (χ4v) is 2.54. The number of anilines is 1. The minimum absolute atomic E-state index is 0.158. The van der Waals surface area contributed by atoms with Crippen molar-refractivity contribution >= 4 is 17.7 Å². The zero-order valence-corrected chi connectivity index (χ0v) is 12.6. The van der Waals surface area contributed by atoms with E-state index in [1.165, 1.54) is 0 Å². The number of rotatable bonds is 3. The van der Waals surface area contributed by atoms with E-state index in [0.29, 0.717) is 19.7 Å². The van der Waals surface area contributed by atoms with Crippen LogP contribution in [-0.4, -0.2) is 36.6 Å². The molecule has 0 bridgehead atoms. The molecule has 2 rings (SSSR count). The zero-order valence-electron chi connectivity index (χ0n) is 12.6. The van der Waals surface area contributed by atoms with Crippen molar-refractivity contribution in [1.82, 2.24) is 4.90 Å². The molecule has 0 aliphatic carbocycles. The molecule has 1 saturated heterocycles. The number of likely N-dealkylation sites (tertiary alicyclic amines) is 1. The highest BCUT2D eigenvalue weighted by atomic mass is 16.5. The molecule has 1 aromatic rings. The number of nitrogens with one attached hydrogen (secondary N) is 1. The molecule has 1 atom stereocenters. The van der Waals surface area contributed by atoms with Crippen molar-refractivity contribution < 1.29 is 14.3 Å². The van der Waals surface area contributed by atoms with Crippen LogP contribution in [0.2, 0.25) is 0 Å². The maximum atomic E-state index is 12.3. The Bertz CT molecular complexity index is 516. The first kappa shape index (κ1) is 15.4. The summed E-state index contributed by atoms with van der Waals surface area (Å²) in [5, 5.41) is 2.88. The van der Waals surface area contributed by atoms with Gasteiger partial charge in [0, 0.05) is 18.8 Å². The third kappa shape index (κ3) is 4.21. The number of piperidine rings is 1. The lowest BCUT2D eigenvalue weighted by Gasteiger charge is -2.31. The van der Waals surface area contributed by atoms with E-state index in [1.54, 1.807) is 11.8 Å². The number of nitrogens with zero attached hydrogens (tertiary/aromatic N) is 1. The number of hydrogen-bond acceptors (Lipinski definition) is 3. The van der Waals surface area contributed by atoms with Crippen molar-refractivity contribution in [2.24, 2.45) is 5.92 Å². The number of ether oxygens (including phenoxy) is 1. The van der Waals surface area contributed by atoms with Crippen molar-refractivity contribution in [2.75, 3.05) is 25.0 Å². The summed E-state index contributed by atoms with van der Waals surface area (Å²) in [5.41, 5.74) is 1.87. The summed E-state index contributed by atoms with van der Waals surface area (Å²) in [7, 11) is 0. The van der Waals surface area contributed by atoms with Crippen LogP contribution < -0.4 is 5.32 Å². The van der Waals surface area contributed by atoms with Gasteiger partial charge in [0.2, 0.25) is 0 Å². The summed E-state index contributed by atoms with van der Waals surface area (Å²) in [4.78, 5) is 25.7. The molecule has 1 aromatic carbocycles. The van der Waals surface area contributed by atoms with Gasteiger partial charge >= 0.3 is 12.0 Å². The van der Waals surface area contributed by atoms with E-state index in [4.69, 9.17) is 4.74 Å². The van der Waals surface area contributed by atoms with Crippen LogP contribution in [0, 0.1) is 12.8 Å². The first-order valence-electron chi connectivity index (χ1n) is 7.39. The molecular formula is C16H22N2O3. The van der Waals surface area contributed by atoms with Gasteiger partial charge in [0.15, 0.2) is 0 Å². The highest BCUT2D eigenvalue weighted by molar-refractivity contribution is 5.89. The van der Waals surface area contributed by atoms with Crippen LogP contribution in [0.4, 0.5) is 10.5 Å². The number of urea groups is 1. The van der Waals surface area contributed by atoms with Gasteiger partial charge in [0.25, 0.3) is 0 Å². The van der Waals surface area contributed by atoms with Crippen molar-refractivity contribution in [1.29, 1.82) is 0 Å². The molecule has 114 valence electrons. The molecule has 5 heteroatoms. The van der Waals surface area contributed by atoms with E-state index < -0.39 is 0 Å². The Balaban J connectivity index is 1.94. The second kappa shape index (κ2) is 7.11. The minimum Gasteiger partial charge on any atom is -0.466 e. The van der Waals surface area contributed by atoms with E-state index in [0.717, 1.165) is 24.1 Å². The Hall–Kier alpha value is -2.04. The minimum atomic E-state index is -0.207. The molecule has 0 aromatic heterocycles. The Morgan fingerprint density at radius 1 is 1.43 bits per heavy atom. The lowest BCUT2D eigenvalue weighted by atomic mass is 9.98. The van der Waals surface area contributed by atoms with Crippen molar-refractivity contribution in [2.45, 2.75) is 26.7 Å². The first-order valence-corrected chi connectivity index (χ1v) is 7.39. The normalized spacial score (nSPS) is 18.2. The van der Waals surface area contributed by atoms with Gasteiger partial charge in [-0.3, -0.25) is 4.79 Å². The summed E-state index contributed by atoms with van der Waals surface area (Å²) in [6.07, 6.45) is 1.61. The van der Waals surface area contributed by atoms with Gasteiger partial charge in [-0.25, -0.2) is 4.79 Å². The van der Waals surface area contributed by atoms with Crippen molar-refractivity contribution in [3.05, 3.63) is 29.8 Å². The second-order valence-electron chi connectivity index (χ2n) is 5.34. The summed E-state index contributed by atoms with van der Waals surface area (Å²) in [5.74, 6) is -0.410. The van der Waals surface area contributed by atoms with Gasteiger partial charge in [-0.1, -0.05) is 12.1 Å². The van der Waals surface area contributed by atoms with E-state index in [1.807, 2.05) is 31.2 Å². The maximum Gasteiger partial charge on any atom is 0.321 e. The summed E-state index contributed by atoms with van der Waals surface area (Å²) >= 11 is 0. The number of carbonyl (C=O) groups excluding carboxylic acids is 2. The number of esters is 1. The predicted octanol–water partition coefficient (Wildman–Crippen LogP) is 2.80. The van der Waals surface area contributed by atoms with Crippen LogP contribution in [0.1, 0.15) is 25.3 Å². The van der Waals surface area contributed by atoms with E-state index >= 15 is 0 Å². The number of amides is 2. The van der Waals surface area contributed by atoms with Crippen LogP contribution in [0.25, 0.3) is 0 Å². The van der Waals surface area contributed by atoms with E-state index in [9.17, 15) is 9.59 Å². The molecule has 0 spiro atoms. The Kier molecular flexibility index (Phi) is 5.20. The molecule has 0 radical (unpaired) electrons. The molecule has 1 aliphatic rings. The molecule has 1 fully saturated rings. The van der Waals surface area contributed by atoms with Gasteiger partial charge in [-0.05, 0) is 44.4 Å². The molecule has 1 heterocycles. The largest absolute Gasteiger partial charge is 0.466 e. The Morgan fingerprint density at radius 3 is 2.95 bits per heavy atom. The summed E-state index contributed by atoms with van der Waals surface area (Å²) < 4.78 is 5.05. The molecule has 21 heavy (non-hydrogen) atoms. The van der Waals surface area contributed by atoms with Gasteiger partial charge in [0.1, 0.15) is 0 Å². The van der Waals surface area contributed by atoms with E-state index in [-0.39, 0.29) is 17.9 Å². The lowest BCUT2D eigenvalue weighted by Crippen LogP contribution is -2.44. The van der Waals surface area contributed by atoms with Gasteiger partial charge in [-0.2, -0.15) is 0 Å². The summed E-state index contributed by atoms with van der Waals surface area (Å²) in [6.45, 7) is 5.26. The van der Waals surface area contributed by atoms with E-state index in [2.05, 4.69) is 5.32 Å². The third-order valence-electron chi connectivity index (χ3n) is 3.60. The lowest BCUT2D eigenvalue weighted by molar-refractivity contribution is -0.149. The quantitative estimate of drug-likeness (QED) is 0.871. The summed E-state index contributed by atoms with van der Waals surface area (Å²) in [6, 6.07) is 7.51. The van der Waals surface area contributed by atoms with Crippen LogP contribution in [0.3, 0.4) is 0 Å². The Labute approximate surface area is 125 Å². The third-order valence-corrected chi connectivity index (χ3v) is 3.60. The van der Waals surface area contributed by atoms with Crippen LogP contribution in [0.15, 0.2) is 24.3 Å². The number of carbonyl (C=O) groups is 2. The number of benzene rings is 1. The van der Waals surface area contributed by atoms with Crippen molar-refractivity contribution in [3.8, 4) is 0 Å². The SMILES string of the molecule is CCOC(=O)C1CCCN(C(=O)Nc2cccc(C)c2)C1. The average Bonchev–Trinajstić information content (AvgIpc) is 2.47. The molecule has 5 nitrogen and oxygen atoms in total. The molecule has 1 N–H and O–H groups in total. The predicted molar refractivity (Wildman–Crippen MR) is 81.1 cm³/mol. The highest BCUT2D eigenvalue weighted by Gasteiger charge is 2.29. The smallest absolute Gasteiger partial charge is 0.321 e. The average molecular weight is 290 g/mol. The number of aryl methyl sites for hydroxylation is 1. The monoisotopic (exact) mass is 290 g/mol. The zero-order chi connectivity index (χ0) is 15.2. The van der Waals surface area contributed by atoms with Gasteiger partial charge in [-0.15, -0.1) is 0 Å². The fraction of sp³-hybridized carbons (Fsp3) is 0.500. The first-order chi connectivity index (χ1) is 10.1. The highest BCUT2D eigenvalue weighted by Crippen LogP contribution is 2.19. The standard InChI is InChI=1S/C16H22N2O3/c1-3-21-15(19)13-7-5-9-18(11-13)16(20)17-14-8-4-6-12(2)10-14/h4,6,8,10,13H,3,5,7,9,11H2,1-2H3,(H,17,20). The van der Waals surface area contributed by atoms with Gasteiger partial charge < -0.3 is 15.0 Å². The molecule has 0 saturated carbocycles. The molecule has 2 amide bonds. The topological polar surface area (TPSA) is 58.6 Å².